The summed E-state index contributed by atoms with van der Waals surface area (Å²) in [4.78, 5) is 32.3. The maximum Gasteiger partial charge on any atom is 0.433 e. The number of furan rings is 2. The third kappa shape index (κ3) is 2.95. The predicted molar refractivity (Wildman–Crippen MR) is 79.4 cm³/mol. The molecule has 116 valence electrons. The molecular formula is C11H6Br2N2O7. The minimum absolute atomic E-state index is 0.137. The Balaban J connectivity index is 2.52. The van der Waals surface area contributed by atoms with E-state index in [2.05, 4.69) is 31.9 Å². The topological polar surface area (TPSA) is 130 Å². The highest BCUT2D eigenvalue weighted by Crippen LogP contribution is 2.30. The number of hydrogen-bond acceptors (Lipinski definition) is 7. The van der Waals surface area contributed by atoms with Crippen molar-refractivity contribution in [1.82, 2.24) is 0 Å². The van der Waals surface area contributed by atoms with Crippen molar-refractivity contribution in [2.75, 3.05) is 0 Å². The predicted octanol–water partition coefficient (Wildman–Crippen LogP) is 3.71. The molecule has 2 heterocycles. The second-order valence-corrected chi connectivity index (χ2v) is 5.11. The van der Waals surface area contributed by atoms with Crippen LogP contribution in [0.4, 0.5) is 11.8 Å². The molecule has 0 unspecified atom stereocenters. The van der Waals surface area contributed by atoms with Crippen LogP contribution in [-0.2, 0) is 10.7 Å². The fraction of sp³-hybridized carbons (Fsp3) is 0.182. The Morgan fingerprint density at radius 3 is 1.59 bits per heavy atom. The van der Waals surface area contributed by atoms with Crippen molar-refractivity contribution < 1.29 is 23.5 Å². The molecule has 0 aliphatic heterocycles. The third-order valence-corrected chi connectivity index (χ3v) is 3.86. The van der Waals surface area contributed by atoms with Crippen LogP contribution in [0.25, 0.3) is 0 Å². The zero-order valence-corrected chi connectivity index (χ0v) is 13.7. The fourth-order valence-corrected chi connectivity index (χ4v) is 2.53. The first kappa shape index (κ1) is 16.4. The summed E-state index contributed by atoms with van der Waals surface area (Å²) in [6.07, 6.45) is 0. The number of carbonyl (C=O) groups is 1. The Labute approximate surface area is 138 Å². The van der Waals surface area contributed by atoms with Gasteiger partial charge in [-0.2, -0.15) is 0 Å². The quantitative estimate of drug-likeness (QED) is 0.291. The molecule has 0 saturated heterocycles. The smallest absolute Gasteiger partial charge is 0.397 e. The fourth-order valence-electron chi connectivity index (χ4n) is 1.69. The molecule has 2 aromatic rings. The van der Waals surface area contributed by atoms with Gasteiger partial charge in [0.1, 0.15) is 9.85 Å². The lowest BCUT2D eigenvalue weighted by Crippen LogP contribution is -2.03. The Morgan fingerprint density at radius 1 is 0.955 bits per heavy atom. The maximum atomic E-state index is 12.4. The molecule has 0 spiro atoms. The number of hydrogen-bond donors (Lipinski definition) is 0. The minimum atomic E-state index is -0.801. The standard InChI is InChI=1S/C11H6Br2N2O7/c12-3-5-1-7(14(17)18)21-10(5)9(16)11-6(4-13)2-8(22-11)15(19)20/h1-2H,3-4H2. The largest absolute Gasteiger partial charge is 0.433 e. The Morgan fingerprint density at radius 2 is 1.32 bits per heavy atom. The Kier molecular flexibility index (Phi) is 4.76. The molecular weight excluding hydrogens is 432 g/mol. The molecule has 2 aromatic heterocycles. The number of ketones is 1. The van der Waals surface area contributed by atoms with Gasteiger partial charge in [0.25, 0.3) is 5.78 Å². The molecule has 11 heteroatoms. The van der Waals surface area contributed by atoms with Crippen LogP contribution in [0.2, 0.25) is 0 Å². The van der Waals surface area contributed by atoms with E-state index in [9.17, 15) is 25.0 Å². The number of nitrogens with zero attached hydrogens (tertiary/aromatic N) is 2. The van der Waals surface area contributed by atoms with Gasteiger partial charge in [-0.15, -0.1) is 0 Å². The van der Waals surface area contributed by atoms with E-state index in [0.717, 1.165) is 12.1 Å². The molecule has 0 radical (unpaired) electrons. The monoisotopic (exact) mass is 436 g/mol. The zero-order chi connectivity index (χ0) is 16.4. The Bertz CT molecular complexity index is 702. The second-order valence-electron chi connectivity index (χ2n) is 3.99. The van der Waals surface area contributed by atoms with E-state index in [1.165, 1.54) is 0 Å². The molecule has 0 saturated carbocycles. The van der Waals surface area contributed by atoms with Gasteiger partial charge in [0.05, 0.1) is 12.1 Å². The van der Waals surface area contributed by atoms with Crippen molar-refractivity contribution in [1.29, 1.82) is 0 Å². The van der Waals surface area contributed by atoms with E-state index in [1.807, 2.05) is 0 Å². The van der Waals surface area contributed by atoms with Crippen LogP contribution in [0.1, 0.15) is 27.4 Å². The SMILES string of the molecule is O=C(c1oc([N+](=O)[O-])cc1CBr)c1oc([N+](=O)[O-])cc1CBr. The summed E-state index contributed by atoms with van der Waals surface area (Å²) in [7, 11) is 0. The van der Waals surface area contributed by atoms with Gasteiger partial charge in [0.2, 0.25) is 0 Å². The Hall–Kier alpha value is -2.01. The molecule has 0 aromatic carbocycles. The maximum absolute atomic E-state index is 12.4. The summed E-state index contributed by atoms with van der Waals surface area (Å²) in [5, 5.41) is 21.7. The van der Waals surface area contributed by atoms with E-state index >= 15 is 0 Å². The van der Waals surface area contributed by atoms with Crippen LogP contribution in [-0.4, -0.2) is 15.6 Å². The summed E-state index contributed by atoms with van der Waals surface area (Å²) < 4.78 is 9.86. The summed E-state index contributed by atoms with van der Waals surface area (Å²) in [6, 6.07) is 2.21. The second kappa shape index (κ2) is 6.40. The minimum Gasteiger partial charge on any atom is -0.397 e. The van der Waals surface area contributed by atoms with E-state index < -0.39 is 27.4 Å². The van der Waals surface area contributed by atoms with Crippen molar-refractivity contribution in [2.24, 2.45) is 0 Å². The molecule has 0 amide bonds. The van der Waals surface area contributed by atoms with Gasteiger partial charge in [-0.1, -0.05) is 31.9 Å². The molecule has 9 nitrogen and oxygen atoms in total. The molecule has 0 fully saturated rings. The molecule has 0 atom stereocenters. The summed E-state index contributed by atoms with van der Waals surface area (Å²) >= 11 is 6.19. The van der Waals surface area contributed by atoms with Crippen LogP contribution < -0.4 is 0 Å². The van der Waals surface area contributed by atoms with Gasteiger partial charge in [0.15, 0.2) is 11.5 Å². The summed E-state index contributed by atoms with van der Waals surface area (Å²) in [5.41, 5.74) is 0.493. The normalized spacial score (nSPS) is 10.6. The zero-order valence-electron chi connectivity index (χ0n) is 10.6. The van der Waals surface area contributed by atoms with Gasteiger partial charge in [-0.05, 0) is 0 Å². The van der Waals surface area contributed by atoms with Gasteiger partial charge in [-0.25, -0.2) is 0 Å². The molecule has 0 aliphatic rings. The van der Waals surface area contributed by atoms with Crippen molar-refractivity contribution in [3.8, 4) is 0 Å². The summed E-state index contributed by atoms with van der Waals surface area (Å²) in [5.74, 6) is -2.59. The molecule has 2 rings (SSSR count). The van der Waals surface area contributed by atoms with Crippen LogP contribution in [0.15, 0.2) is 21.0 Å². The number of nitro groups is 2. The van der Waals surface area contributed by atoms with Gasteiger partial charge in [0, 0.05) is 21.8 Å². The third-order valence-electron chi connectivity index (χ3n) is 2.65. The first-order chi connectivity index (χ1) is 10.4. The highest BCUT2D eigenvalue weighted by Gasteiger charge is 2.30. The van der Waals surface area contributed by atoms with Crippen LogP contribution >= 0.6 is 31.9 Å². The van der Waals surface area contributed by atoms with Crippen LogP contribution in [0, 0.1) is 20.2 Å². The van der Waals surface area contributed by atoms with Crippen molar-refractivity contribution >= 4 is 49.4 Å². The number of alkyl halides is 2. The van der Waals surface area contributed by atoms with Crippen molar-refractivity contribution in [3.05, 3.63) is 55.0 Å². The van der Waals surface area contributed by atoms with Gasteiger partial charge < -0.3 is 8.83 Å². The molecule has 0 N–H and O–H groups in total. The van der Waals surface area contributed by atoms with Crippen molar-refractivity contribution in [2.45, 2.75) is 10.7 Å². The average molecular weight is 438 g/mol. The summed E-state index contributed by atoms with van der Waals surface area (Å²) in [6.45, 7) is 0. The highest BCUT2D eigenvalue weighted by atomic mass is 79.9. The van der Waals surface area contributed by atoms with Crippen molar-refractivity contribution in [3.63, 3.8) is 0 Å². The lowest BCUT2D eigenvalue weighted by molar-refractivity contribution is -0.402. The van der Waals surface area contributed by atoms with Crippen LogP contribution in [0.3, 0.4) is 0 Å². The van der Waals surface area contributed by atoms with E-state index in [1.54, 1.807) is 0 Å². The molecule has 0 bridgehead atoms. The molecule has 0 aliphatic carbocycles. The number of carbonyl (C=O) groups excluding carboxylic acids is 1. The first-order valence-corrected chi connectivity index (χ1v) is 7.84. The van der Waals surface area contributed by atoms with E-state index in [4.69, 9.17) is 8.83 Å². The number of rotatable bonds is 6. The average Bonchev–Trinajstić information content (AvgIpc) is 3.10. The molecule has 22 heavy (non-hydrogen) atoms. The van der Waals surface area contributed by atoms with Crippen LogP contribution in [0.5, 0.6) is 0 Å². The lowest BCUT2D eigenvalue weighted by Gasteiger charge is -1.97. The van der Waals surface area contributed by atoms with Gasteiger partial charge >= 0.3 is 11.8 Å². The highest BCUT2D eigenvalue weighted by molar-refractivity contribution is 9.08. The number of halogens is 2. The van der Waals surface area contributed by atoms with E-state index in [0.29, 0.717) is 0 Å². The lowest BCUT2D eigenvalue weighted by atomic mass is 10.1. The van der Waals surface area contributed by atoms with Gasteiger partial charge in [-0.3, -0.25) is 25.0 Å². The first-order valence-electron chi connectivity index (χ1n) is 5.59. The van der Waals surface area contributed by atoms with E-state index in [-0.39, 0.29) is 33.3 Å².